The zero-order chi connectivity index (χ0) is 8.55. The quantitative estimate of drug-likeness (QED) is 0.576. The van der Waals surface area contributed by atoms with Crippen molar-refractivity contribution in [1.29, 1.82) is 0 Å². The number of hydrogen-bond acceptors (Lipinski definition) is 1. The number of fused-ring (bicyclic) bond motifs is 1. The van der Waals surface area contributed by atoms with Gasteiger partial charge in [-0.3, -0.25) is 0 Å². The SMILES string of the molecule is Cc1nc2ccccc2n1CI. The van der Waals surface area contributed by atoms with E-state index < -0.39 is 0 Å². The minimum Gasteiger partial charge on any atom is -0.318 e. The molecular weight excluding hydrogens is 263 g/mol. The standard InChI is InChI=1S/C9H9IN2/c1-7-11-8-4-2-3-5-9(8)12(7)6-10/h2-5H,6H2,1H3. The molecule has 2 nitrogen and oxygen atoms in total. The van der Waals surface area contributed by atoms with Gasteiger partial charge in [0.05, 0.1) is 15.6 Å². The molecule has 3 heteroatoms. The lowest BCUT2D eigenvalue weighted by atomic mass is 10.3. The van der Waals surface area contributed by atoms with Gasteiger partial charge < -0.3 is 4.57 Å². The summed E-state index contributed by atoms with van der Waals surface area (Å²) >= 11 is 2.35. The maximum atomic E-state index is 4.44. The number of halogens is 1. The fourth-order valence-electron chi connectivity index (χ4n) is 1.35. The summed E-state index contributed by atoms with van der Waals surface area (Å²) in [4.78, 5) is 4.44. The molecule has 0 amide bonds. The van der Waals surface area contributed by atoms with E-state index in [0.29, 0.717) is 0 Å². The van der Waals surface area contributed by atoms with Crippen molar-refractivity contribution in [3.05, 3.63) is 30.1 Å². The van der Waals surface area contributed by atoms with Gasteiger partial charge in [0.1, 0.15) is 5.82 Å². The molecule has 12 heavy (non-hydrogen) atoms. The average molecular weight is 272 g/mol. The lowest BCUT2D eigenvalue weighted by Gasteiger charge is -1.98. The monoisotopic (exact) mass is 272 g/mol. The van der Waals surface area contributed by atoms with Crippen molar-refractivity contribution in [2.75, 3.05) is 0 Å². The van der Waals surface area contributed by atoms with Crippen LogP contribution in [0.25, 0.3) is 11.0 Å². The predicted molar refractivity (Wildman–Crippen MR) is 58.5 cm³/mol. The van der Waals surface area contributed by atoms with Crippen molar-refractivity contribution < 1.29 is 0 Å². The molecule has 1 heterocycles. The molecule has 0 saturated heterocycles. The van der Waals surface area contributed by atoms with Gasteiger partial charge in [0.2, 0.25) is 0 Å². The van der Waals surface area contributed by atoms with Crippen molar-refractivity contribution in [3.8, 4) is 0 Å². The second kappa shape index (κ2) is 3.05. The highest BCUT2D eigenvalue weighted by Gasteiger charge is 2.03. The Bertz CT molecular complexity index is 406. The molecule has 0 spiro atoms. The lowest BCUT2D eigenvalue weighted by Crippen LogP contribution is -1.93. The Morgan fingerprint density at radius 2 is 2.17 bits per heavy atom. The normalized spacial score (nSPS) is 10.8. The van der Waals surface area contributed by atoms with E-state index in [4.69, 9.17) is 0 Å². The number of hydrogen-bond donors (Lipinski definition) is 0. The number of benzene rings is 1. The van der Waals surface area contributed by atoms with Gasteiger partial charge in [-0.15, -0.1) is 0 Å². The Morgan fingerprint density at radius 1 is 1.42 bits per heavy atom. The van der Waals surface area contributed by atoms with Gasteiger partial charge in [-0.25, -0.2) is 4.98 Å². The molecule has 0 bridgehead atoms. The Morgan fingerprint density at radius 3 is 2.92 bits per heavy atom. The number of imidazole rings is 1. The van der Waals surface area contributed by atoms with Crippen LogP contribution in [0.1, 0.15) is 5.82 Å². The van der Waals surface area contributed by atoms with Crippen LogP contribution in [0.15, 0.2) is 24.3 Å². The van der Waals surface area contributed by atoms with Crippen LogP contribution in [0.3, 0.4) is 0 Å². The van der Waals surface area contributed by atoms with Crippen molar-refractivity contribution in [2.24, 2.45) is 0 Å². The highest BCUT2D eigenvalue weighted by molar-refractivity contribution is 14.1. The van der Waals surface area contributed by atoms with Gasteiger partial charge >= 0.3 is 0 Å². The molecule has 1 aromatic carbocycles. The van der Waals surface area contributed by atoms with Crippen LogP contribution in [0.2, 0.25) is 0 Å². The molecular formula is C9H9IN2. The number of aromatic nitrogens is 2. The molecule has 2 aromatic rings. The summed E-state index contributed by atoms with van der Waals surface area (Å²) in [5.41, 5.74) is 2.32. The van der Waals surface area contributed by atoms with Crippen LogP contribution >= 0.6 is 22.6 Å². The minimum atomic E-state index is 0.962. The fraction of sp³-hybridized carbons (Fsp3) is 0.222. The second-order valence-corrected chi connectivity index (χ2v) is 3.38. The number of rotatable bonds is 1. The summed E-state index contributed by atoms with van der Waals surface area (Å²) in [7, 11) is 0. The van der Waals surface area contributed by atoms with E-state index in [-0.39, 0.29) is 0 Å². The number of nitrogens with zero attached hydrogens (tertiary/aromatic N) is 2. The van der Waals surface area contributed by atoms with Crippen LogP contribution in [0.4, 0.5) is 0 Å². The number of alkyl halides is 1. The van der Waals surface area contributed by atoms with Crippen LogP contribution in [0, 0.1) is 6.92 Å². The van der Waals surface area contributed by atoms with Crippen molar-refractivity contribution >= 4 is 33.6 Å². The molecule has 0 unspecified atom stereocenters. The van der Waals surface area contributed by atoms with E-state index in [1.807, 2.05) is 25.1 Å². The highest BCUT2D eigenvalue weighted by Crippen LogP contribution is 2.16. The third kappa shape index (κ3) is 1.12. The zero-order valence-electron chi connectivity index (χ0n) is 6.79. The molecule has 1 aromatic heterocycles. The van der Waals surface area contributed by atoms with Crippen LogP contribution in [-0.4, -0.2) is 9.55 Å². The Balaban J connectivity index is 2.81. The maximum absolute atomic E-state index is 4.44. The van der Waals surface area contributed by atoms with Gasteiger partial charge in [0.25, 0.3) is 0 Å². The van der Waals surface area contributed by atoms with Crippen molar-refractivity contribution in [3.63, 3.8) is 0 Å². The van der Waals surface area contributed by atoms with Gasteiger partial charge in [-0.05, 0) is 19.1 Å². The second-order valence-electron chi connectivity index (χ2n) is 2.70. The Hall–Kier alpha value is -0.580. The molecule has 0 fully saturated rings. The molecule has 0 N–H and O–H groups in total. The number of aryl methyl sites for hydroxylation is 1. The molecule has 0 radical (unpaired) electrons. The molecule has 0 aliphatic rings. The van der Waals surface area contributed by atoms with Gasteiger partial charge in [0.15, 0.2) is 0 Å². The minimum absolute atomic E-state index is 0.962. The molecule has 62 valence electrons. The maximum Gasteiger partial charge on any atom is 0.107 e. The summed E-state index contributed by atoms with van der Waals surface area (Å²) in [5, 5.41) is 0. The molecule has 0 aliphatic heterocycles. The van der Waals surface area contributed by atoms with E-state index in [2.05, 4.69) is 38.2 Å². The third-order valence-corrected chi connectivity index (χ3v) is 2.65. The summed E-state index contributed by atoms with van der Waals surface area (Å²) in [6.45, 7) is 2.04. The molecule has 0 atom stereocenters. The number of para-hydroxylation sites is 2. The average Bonchev–Trinajstić information content (AvgIpc) is 2.40. The summed E-state index contributed by atoms with van der Waals surface area (Å²) in [6, 6.07) is 8.22. The van der Waals surface area contributed by atoms with Crippen molar-refractivity contribution in [1.82, 2.24) is 9.55 Å². The highest BCUT2D eigenvalue weighted by atomic mass is 127. The van der Waals surface area contributed by atoms with Gasteiger partial charge in [-0.2, -0.15) is 0 Å². The molecule has 2 rings (SSSR count). The first kappa shape index (κ1) is 8.04. The largest absolute Gasteiger partial charge is 0.318 e. The van der Waals surface area contributed by atoms with E-state index in [0.717, 1.165) is 15.9 Å². The van der Waals surface area contributed by atoms with E-state index in [1.54, 1.807) is 0 Å². The first-order valence-corrected chi connectivity index (χ1v) is 5.33. The van der Waals surface area contributed by atoms with Gasteiger partial charge in [0, 0.05) is 0 Å². The van der Waals surface area contributed by atoms with Crippen LogP contribution < -0.4 is 0 Å². The predicted octanol–water partition coefficient (Wildman–Crippen LogP) is 2.74. The van der Waals surface area contributed by atoms with E-state index in [1.165, 1.54) is 5.52 Å². The smallest absolute Gasteiger partial charge is 0.107 e. The Kier molecular flexibility index (Phi) is 2.04. The Labute approximate surface area is 84.7 Å². The van der Waals surface area contributed by atoms with E-state index >= 15 is 0 Å². The van der Waals surface area contributed by atoms with Gasteiger partial charge in [-0.1, -0.05) is 34.7 Å². The van der Waals surface area contributed by atoms with E-state index in [9.17, 15) is 0 Å². The molecule has 0 aliphatic carbocycles. The van der Waals surface area contributed by atoms with Crippen molar-refractivity contribution in [2.45, 2.75) is 11.5 Å². The third-order valence-electron chi connectivity index (χ3n) is 1.96. The van der Waals surface area contributed by atoms with Crippen LogP contribution in [0.5, 0.6) is 0 Å². The first-order chi connectivity index (χ1) is 5.83. The first-order valence-electron chi connectivity index (χ1n) is 3.81. The summed E-state index contributed by atoms with van der Waals surface area (Å²) < 4.78 is 3.17. The topological polar surface area (TPSA) is 17.8 Å². The fourth-order valence-corrected chi connectivity index (χ4v) is 2.21. The lowest BCUT2D eigenvalue weighted by molar-refractivity contribution is 0.886. The zero-order valence-corrected chi connectivity index (χ0v) is 8.95. The summed E-state index contributed by atoms with van der Waals surface area (Å²) in [5.74, 6) is 1.09. The van der Waals surface area contributed by atoms with Crippen LogP contribution in [-0.2, 0) is 4.55 Å². The summed E-state index contributed by atoms with van der Waals surface area (Å²) in [6.07, 6.45) is 0. The molecule has 0 saturated carbocycles.